The number of carbonyl (C=O) groups excluding carboxylic acids is 1. The van der Waals surface area contributed by atoms with Gasteiger partial charge in [0.15, 0.2) is 0 Å². The fourth-order valence-corrected chi connectivity index (χ4v) is 1.16. The summed E-state index contributed by atoms with van der Waals surface area (Å²) in [4.78, 5) is 15.3. The van der Waals surface area contributed by atoms with Crippen molar-refractivity contribution in [3.8, 4) is 0 Å². The first kappa shape index (κ1) is 8.19. The molecule has 1 fully saturated rings. The Morgan fingerprint density at radius 3 is 3.00 bits per heavy atom. The summed E-state index contributed by atoms with van der Waals surface area (Å²) in [6.07, 6.45) is 3.32. The smallest absolute Gasteiger partial charge is 0.230 e. The van der Waals surface area contributed by atoms with Crippen LogP contribution >= 0.6 is 0 Å². The highest BCUT2D eigenvalue weighted by Gasteiger charge is 2.24. The van der Waals surface area contributed by atoms with Crippen LogP contribution in [-0.4, -0.2) is 24.0 Å². The maximum absolute atomic E-state index is 11.4. The summed E-state index contributed by atoms with van der Waals surface area (Å²) >= 11 is 0. The summed E-state index contributed by atoms with van der Waals surface area (Å²) in [6, 6.07) is 3.63. The third-order valence-corrected chi connectivity index (χ3v) is 2.08. The predicted octanol–water partition coefficient (Wildman–Crippen LogP) is 0.239. The zero-order chi connectivity index (χ0) is 9.10. The first-order chi connectivity index (χ1) is 6.36. The molecule has 2 rings (SSSR count). The lowest BCUT2D eigenvalue weighted by Crippen LogP contribution is -2.48. The molecule has 0 spiro atoms. The van der Waals surface area contributed by atoms with Gasteiger partial charge in [-0.1, -0.05) is 0 Å². The van der Waals surface area contributed by atoms with E-state index in [1.807, 2.05) is 6.07 Å². The van der Waals surface area contributed by atoms with Crippen molar-refractivity contribution in [2.75, 3.05) is 18.4 Å². The van der Waals surface area contributed by atoms with Gasteiger partial charge in [-0.2, -0.15) is 0 Å². The van der Waals surface area contributed by atoms with Gasteiger partial charge in [0.25, 0.3) is 0 Å². The number of pyridine rings is 1. The molecule has 2 heterocycles. The van der Waals surface area contributed by atoms with Gasteiger partial charge in [0.2, 0.25) is 5.91 Å². The number of rotatable bonds is 2. The molecule has 0 bridgehead atoms. The third-order valence-electron chi connectivity index (χ3n) is 2.08. The molecule has 4 nitrogen and oxygen atoms in total. The molecule has 1 amide bonds. The quantitative estimate of drug-likeness (QED) is 0.680. The largest absolute Gasteiger partial charge is 0.324 e. The SMILES string of the molecule is O=C(Nc1cccnc1)C1CNC1. The molecule has 1 aliphatic heterocycles. The number of amides is 1. The second kappa shape index (κ2) is 3.53. The summed E-state index contributed by atoms with van der Waals surface area (Å²) in [5, 5.41) is 5.85. The monoisotopic (exact) mass is 177 g/mol. The van der Waals surface area contributed by atoms with Gasteiger partial charge in [0, 0.05) is 19.3 Å². The summed E-state index contributed by atoms with van der Waals surface area (Å²) < 4.78 is 0. The van der Waals surface area contributed by atoms with E-state index in [2.05, 4.69) is 15.6 Å². The topological polar surface area (TPSA) is 54.0 Å². The van der Waals surface area contributed by atoms with E-state index >= 15 is 0 Å². The van der Waals surface area contributed by atoms with Crippen molar-refractivity contribution in [2.45, 2.75) is 0 Å². The van der Waals surface area contributed by atoms with Gasteiger partial charge in [0.1, 0.15) is 0 Å². The van der Waals surface area contributed by atoms with E-state index in [0.29, 0.717) is 0 Å². The maximum atomic E-state index is 11.4. The van der Waals surface area contributed by atoms with Gasteiger partial charge in [-0.3, -0.25) is 9.78 Å². The van der Waals surface area contributed by atoms with Gasteiger partial charge < -0.3 is 10.6 Å². The standard InChI is InChI=1S/C9H11N3O/c13-9(7-4-11-5-7)12-8-2-1-3-10-6-8/h1-3,6-7,11H,4-5H2,(H,12,13). The van der Waals surface area contributed by atoms with Crippen molar-refractivity contribution in [3.63, 3.8) is 0 Å². The van der Waals surface area contributed by atoms with E-state index in [0.717, 1.165) is 18.8 Å². The van der Waals surface area contributed by atoms with E-state index in [1.165, 1.54) is 0 Å². The van der Waals surface area contributed by atoms with Crippen LogP contribution in [0.1, 0.15) is 0 Å². The second-order valence-corrected chi connectivity index (χ2v) is 3.09. The molecule has 0 saturated carbocycles. The Balaban J connectivity index is 1.94. The highest BCUT2D eigenvalue weighted by Crippen LogP contribution is 2.08. The molecule has 1 saturated heterocycles. The lowest BCUT2D eigenvalue weighted by Gasteiger charge is -2.25. The van der Waals surface area contributed by atoms with Crippen LogP contribution in [-0.2, 0) is 4.79 Å². The van der Waals surface area contributed by atoms with E-state index in [1.54, 1.807) is 18.5 Å². The molecule has 0 aliphatic carbocycles. The van der Waals surface area contributed by atoms with Crippen LogP contribution in [0.2, 0.25) is 0 Å². The van der Waals surface area contributed by atoms with Crippen molar-refractivity contribution in [2.24, 2.45) is 5.92 Å². The molecule has 1 aliphatic rings. The van der Waals surface area contributed by atoms with Crippen molar-refractivity contribution < 1.29 is 4.79 Å². The molecule has 0 aromatic carbocycles. The van der Waals surface area contributed by atoms with Crippen LogP contribution in [0.15, 0.2) is 24.5 Å². The first-order valence-corrected chi connectivity index (χ1v) is 4.28. The Morgan fingerprint density at radius 1 is 1.62 bits per heavy atom. The molecule has 4 heteroatoms. The molecule has 0 radical (unpaired) electrons. The number of carbonyl (C=O) groups is 1. The average Bonchev–Trinajstić information content (AvgIpc) is 2.02. The summed E-state index contributed by atoms with van der Waals surface area (Å²) in [6.45, 7) is 1.57. The highest BCUT2D eigenvalue weighted by molar-refractivity contribution is 5.93. The Hall–Kier alpha value is -1.42. The Bertz CT molecular complexity index is 295. The van der Waals surface area contributed by atoms with Gasteiger partial charge in [-0.15, -0.1) is 0 Å². The fraction of sp³-hybridized carbons (Fsp3) is 0.333. The predicted molar refractivity (Wildman–Crippen MR) is 49.2 cm³/mol. The number of hydrogen-bond donors (Lipinski definition) is 2. The summed E-state index contributed by atoms with van der Waals surface area (Å²) in [7, 11) is 0. The number of aromatic nitrogens is 1. The van der Waals surface area contributed by atoms with E-state index < -0.39 is 0 Å². The fourth-order valence-electron chi connectivity index (χ4n) is 1.16. The summed E-state index contributed by atoms with van der Waals surface area (Å²) in [5.74, 6) is 0.201. The van der Waals surface area contributed by atoms with Crippen LogP contribution in [0.5, 0.6) is 0 Å². The molecule has 13 heavy (non-hydrogen) atoms. The minimum atomic E-state index is 0.0757. The molecule has 1 aromatic heterocycles. The van der Waals surface area contributed by atoms with Crippen LogP contribution in [0.4, 0.5) is 5.69 Å². The Labute approximate surface area is 76.4 Å². The van der Waals surface area contributed by atoms with Crippen molar-refractivity contribution in [1.29, 1.82) is 0 Å². The number of nitrogens with one attached hydrogen (secondary N) is 2. The summed E-state index contributed by atoms with van der Waals surface area (Å²) in [5.41, 5.74) is 0.763. The third kappa shape index (κ3) is 1.84. The zero-order valence-electron chi connectivity index (χ0n) is 7.16. The van der Waals surface area contributed by atoms with Crippen LogP contribution in [0.3, 0.4) is 0 Å². The second-order valence-electron chi connectivity index (χ2n) is 3.09. The van der Waals surface area contributed by atoms with Gasteiger partial charge in [0.05, 0.1) is 17.8 Å². The molecule has 2 N–H and O–H groups in total. The van der Waals surface area contributed by atoms with E-state index in [-0.39, 0.29) is 11.8 Å². The van der Waals surface area contributed by atoms with Crippen LogP contribution < -0.4 is 10.6 Å². The van der Waals surface area contributed by atoms with E-state index in [9.17, 15) is 4.79 Å². The maximum Gasteiger partial charge on any atom is 0.230 e. The van der Waals surface area contributed by atoms with Gasteiger partial charge in [-0.25, -0.2) is 0 Å². The zero-order valence-corrected chi connectivity index (χ0v) is 7.16. The minimum Gasteiger partial charge on any atom is -0.324 e. The first-order valence-electron chi connectivity index (χ1n) is 4.28. The molecule has 68 valence electrons. The highest BCUT2D eigenvalue weighted by atomic mass is 16.2. The molecule has 1 aromatic rings. The number of hydrogen-bond acceptors (Lipinski definition) is 3. The normalized spacial score (nSPS) is 16.3. The molecular weight excluding hydrogens is 166 g/mol. The Morgan fingerprint density at radius 2 is 2.46 bits per heavy atom. The lowest BCUT2D eigenvalue weighted by atomic mass is 10.0. The number of anilines is 1. The van der Waals surface area contributed by atoms with E-state index in [4.69, 9.17) is 0 Å². The van der Waals surface area contributed by atoms with Crippen LogP contribution in [0, 0.1) is 5.92 Å². The van der Waals surface area contributed by atoms with Crippen molar-refractivity contribution in [3.05, 3.63) is 24.5 Å². The van der Waals surface area contributed by atoms with Crippen molar-refractivity contribution in [1.82, 2.24) is 10.3 Å². The molecule has 0 atom stereocenters. The van der Waals surface area contributed by atoms with Crippen LogP contribution in [0.25, 0.3) is 0 Å². The lowest BCUT2D eigenvalue weighted by molar-refractivity contribution is -0.121. The molecule has 0 unspecified atom stereocenters. The minimum absolute atomic E-state index is 0.0757. The van der Waals surface area contributed by atoms with Gasteiger partial charge >= 0.3 is 0 Å². The molecular formula is C9H11N3O. The number of nitrogens with zero attached hydrogens (tertiary/aromatic N) is 1. The van der Waals surface area contributed by atoms with Gasteiger partial charge in [-0.05, 0) is 12.1 Å². The Kier molecular flexibility index (Phi) is 2.23. The average molecular weight is 177 g/mol. The van der Waals surface area contributed by atoms with Crippen molar-refractivity contribution >= 4 is 11.6 Å².